The summed E-state index contributed by atoms with van der Waals surface area (Å²) in [5.41, 5.74) is -0.561. The zero-order chi connectivity index (χ0) is 11.6. The van der Waals surface area contributed by atoms with E-state index in [4.69, 9.17) is 4.74 Å². The Labute approximate surface area is 89.0 Å². The van der Waals surface area contributed by atoms with Crippen LogP contribution in [0.4, 0.5) is 9.18 Å². The maximum Gasteiger partial charge on any atom is 0.410 e. The number of carbonyl (C=O) groups is 1. The summed E-state index contributed by atoms with van der Waals surface area (Å²) >= 11 is 0. The number of piperidine rings is 1. The molecule has 5 heteroatoms. The number of hydrogen-bond acceptors (Lipinski definition) is 3. The SMILES string of the molecule is CC(C)(C)OC(=O)N1CC[C@@H](F)[C@@H](O)C1. The smallest absolute Gasteiger partial charge is 0.410 e. The number of β-amino-alcohol motifs (C(OH)–C–C–N with tert-alkyl or cyclic N) is 1. The Morgan fingerprint density at radius 3 is 2.60 bits per heavy atom. The second kappa shape index (κ2) is 4.35. The summed E-state index contributed by atoms with van der Waals surface area (Å²) < 4.78 is 18.0. The van der Waals surface area contributed by atoms with Gasteiger partial charge in [-0.3, -0.25) is 0 Å². The molecule has 1 fully saturated rings. The summed E-state index contributed by atoms with van der Waals surface area (Å²) in [7, 11) is 0. The highest BCUT2D eigenvalue weighted by molar-refractivity contribution is 5.68. The predicted molar refractivity (Wildman–Crippen MR) is 53.3 cm³/mol. The summed E-state index contributed by atoms with van der Waals surface area (Å²) in [5.74, 6) is 0. The van der Waals surface area contributed by atoms with Gasteiger partial charge in [-0.15, -0.1) is 0 Å². The number of amides is 1. The minimum absolute atomic E-state index is 0.0100. The molecule has 1 N–H and O–H groups in total. The number of hydrogen-bond donors (Lipinski definition) is 1. The second-order valence-electron chi connectivity index (χ2n) is 4.80. The van der Waals surface area contributed by atoms with Gasteiger partial charge in [0.15, 0.2) is 0 Å². The molecule has 1 aliphatic rings. The van der Waals surface area contributed by atoms with Gasteiger partial charge in [-0.25, -0.2) is 9.18 Å². The fourth-order valence-corrected chi connectivity index (χ4v) is 1.40. The third-order valence-corrected chi connectivity index (χ3v) is 2.15. The molecule has 88 valence electrons. The molecule has 1 aliphatic heterocycles. The van der Waals surface area contributed by atoms with Crippen LogP contribution in [-0.2, 0) is 4.74 Å². The lowest BCUT2D eigenvalue weighted by molar-refractivity contribution is -0.0203. The van der Waals surface area contributed by atoms with Gasteiger partial charge in [0.25, 0.3) is 0 Å². The molecule has 0 saturated carbocycles. The van der Waals surface area contributed by atoms with Gasteiger partial charge in [-0.1, -0.05) is 0 Å². The van der Waals surface area contributed by atoms with Crippen LogP contribution in [0.25, 0.3) is 0 Å². The van der Waals surface area contributed by atoms with Crippen LogP contribution in [0.5, 0.6) is 0 Å². The van der Waals surface area contributed by atoms with Gasteiger partial charge >= 0.3 is 6.09 Å². The van der Waals surface area contributed by atoms with Gasteiger partial charge in [0.05, 0.1) is 6.54 Å². The summed E-state index contributed by atoms with van der Waals surface area (Å²) in [5, 5.41) is 9.27. The van der Waals surface area contributed by atoms with Crippen molar-refractivity contribution in [2.75, 3.05) is 13.1 Å². The topological polar surface area (TPSA) is 49.8 Å². The normalized spacial score (nSPS) is 27.7. The highest BCUT2D eigenvalue weighted by Gasteiger charge is 2.32. The minimum atomic E-state index is -1.23. The zero-order valence-electron chi connectivity index (χ0n) is 9.36. The molecule has 0 bridgehead atoms. The van der Waals surface area contributed by atoms with Crippen molar-refractivity contribution in [1.82, 2.24) is 4.90 Å². The third kappa shape index (κ3) is 3.66. The molecule has 0 spiro atoms. The Bertz CT molecular complexity index is 239. The van der Waals surface area contributed by atoms with Crippen LogP contribution in [0.15, 0.2) is 0 Å². The molecule has 15 heavy (non-hydrogen) atoms. The number of rotatable bonds is 0. The number of ether oxygens (including phenoxy) is 1. The van der Waals surface area contributed by atoms with Crippen molar-refractivity contribution < 1.29 is 19.0 Å². The number of aliphatic hydroxyl groups excluding tert-OH is 1. The van der Waals surface area contributed by atoms with Crippen molar-refractivity contribution in [3.63, 3.8) is 0 Å². The molecule has 0 aromatic rings. The lowest BCUT2D eigenvalue weighted by Crippen LogP contribution is -2.49. The number of alkyl halides is 1. The second-order valence-corrected chi connectivity index (χ2v) is 4.80. The van der Waals surface area contributed by atoms with Crippen LogP contribution in [0, 0.1) is 0 Å². The molecule has 0 aromatic heterocycles. The maximum atomic E-state index is 12.9. The predicted octanol–water partition coefficient (Wildman–Crippen LogP) is 1.33. The van der Waals surface area contributed by atoms with Crippen molar-refractivity contribution in [3.8, 4) is 0 Å². The van der Waals surface area contributed by atoms with Crippen molar-refractivity contribution in [3.05, 3.63) is 0 Å². The van der Waals surface area contributed by atoms with Crippen LogP contribution in [0.1, 0.15) is 27.2 Å². The van der Waals surface area contributed by atoms with E-state index < -0.39 is 24.0 Å². The molecule has 1 heterocycles. The summed E-state index contributed by atoms with van der Waals surface area (Å²) in [6.45, 7) is 5.61. The first-order chi connectivity index (χ1) is 6.79. The highest BCUT2D eigenvalue weighted by atomic mass is 19.1. The summed E-state index contributed by atoms with van der Waals surface area (Å²) in [6, 6.07) is 0. The highest BCUT2D eigenvalue weighted by Crippen LogP contribution is 2.17. The van der Waals surface area contributed by atoms with E-state index in [2.05, 4.69) is 0 Å². The Morgan fingerprint density at radius 2 is 2.13 bits per heavy atom. The Balaban J connectivity index is 2.48. The number of halogens is 1. The van der Waals surface area contributed by atoms with Gasteiger partial charge in [0.1, 0.15) is 17.9 Å². The van der Waals surface area contributed by atoms with E-state index in [-0.39, 0.29) is 13.0 Å². The largest absolute Gasteiger partial charge is 0.444 e. The standard InChI is InChI=1S/C10H18FNO3/c1-10(2,3)15-9(14)12-5-4-7(11)8(13)6-12/h7-8,13H,4-6H2,1-3H3/t7-,8+/m1/s1. The van der Waals surface area contributed by atoms with Gasteiger partial charge < -0.3 is 14.7 Å². The molecule has 1 rings (SSSR count). The average molecular weight is 219 g/mol. The van der Waals surface area contributed by atoms with Crippen LogP contribution < -0.4 is 0 Å². The average Bonchev–Trinajstić information content (AvgIpc) is 2.06. The lowest BCUT2D eigenvalue weighted by atomic mass is 10.1. The number of nitrogens with zero attached hydrogens (tertiary/aromatic N) is 1. The first-order valence-corrected chi connectivity index (χ1v) is 5.09. The molecule has 0 radical (unpaired) electrons. The fourth-order valence-electron chi connectivity index (χ4n) is 1.40. The van der Waals surface area contributed by atoms with Crippen LogP contribution >= 0.6 is 0 Å². The van der Waals surface area contributed by atoms with Gasteiger partial charge in [-0.05, 0) is 27.2 Å². The van der Waals surface area contributed by atoms with Crippen LogP contribution in [0.3, 0.4) is 0 Å². The maximum absolute atomic E-state index is 12.9. The van der Waals surface area contributed by atoms with E-state index in [1.165, 1.54) is 4.90 Å². The van der Waals surface area contributed by atoms with Crippen molar-refractivity contribution in [2.45, 2.75) is 45.1 Å². The number of aliphatic hydroxyl groups is 1. The van der Waals surface area contributed by atoms with E-state index in [9.17, 15) is 14.3 Å². The molecule has 1 amide bonds. The molecule has 1 saturated heterocycles. The Kier molecular flexibility index (Phi) is 3.54. The summed E-state index contributed by atoms with van der Waals surface area (Å²) in [4.78, 5) is 12.9. The monoisotopic (exact) mass is 219 g/mol. The lowest BCUT2D eigenvalue weighted by Gasteiger charge is -2.33. The van der Waals surface area contributed by atoms with E-state index in [1.807, 2.05) is 0 Å². The molecule has 4 nitrogen and oxygen atoms in total. The van der Waals surface area contributed by atoms with Gasteiger partial charge in [0, 0.05) is 6.54 Å². The molecule has 2 atom stereocenters. The van der Waals surface area contributed by atoms with Crippen molar-refractivity contribution in [1.29, 1.82) is 0 Å². The van der Waals surface area contributed by atoms with Crippen molar-refractivity contribution in [2.24, 2.45) is 0 Å². The quantitative estimate of drug-likeness (QED) is 0.668. The zero-order valence-corrected chi connectivity index (χ0v) is 9.36. The van der Waals surface area contributed by atoms with E-state index in [0.29, 0.717) is 6.54 Å². The van der Waals surface area contributed by atoms with Crippen LogP contribution in [0.2, 0.25) is 0 Å². The van der Waals surface area contributed by atoms with Gasteiger partial charge in [-0.2, -0.15) is 0 Å². The minimum Gasteiger partial charge on any atom is -0.444 e. The van der Waals surface area contributed by atoms with E-state index in [0.717, 1.165) is 0 Å². The van der Waals surface area contributed by atoms with Gasteiger partial charge in [0.2, 0.25) is 0 Å². The Morgan fingerprint density at radius 1 is 1.53 bits per heavy atom. The molecular formula is C10H18FNO3. The Hall–Kier alpha value is -0.840. The number of likely N-dealkylation sites (tertiary alicyclic amines) is 1. The summed E-state index contributed by atoms with van der Waals surface area (Å²) in [6.07, 6.45) is -2.65. The first kappa shape index (κ1) is 12.2. The van der Waals surface area contributed by atoms with Crippen LogP contribution in [-0.4, -0.2) is 47.1 Å². The van der Waals surface area contributed by atoms with E-state index >= 15 is 0 Å². The number of carbonyl (C=O) groups excluding carboxylic acids is 1. The first-order valence-electron chi connectivity index (χ1n) is 5.09. The van der Waals surface area contributed by atoms with Crippen molar-refractivity contribution >= 4 is 6.09 Å². The molecule has 0 aromatic carbocycles. The van der Waals surface area contributed by atoms with E-state index in [1.54, 1.807) is 20.8 Å². The molecule has 0 unspecified atom stereocenters. The molecular weight excluding hydrogens is 201 g/mol. The fraction of sp³-hybridized carbons (Fsp3) is 0.900. The molecule has 0 aliphatic carbocycles. The third-order valence-electron chi connectivity index (χ3n) is 2.15.